The van der Waals surface area contributed by atoms with Crippen molar-refractivity contribution in [1.82, 2.24) is 4.90 Å². The summed E-state index contributed by atoms with van der Waals surface area (Å²) in [4.78, 5) is 28.5. The second kappa shape index (κ2) is 6.26. The minimum atomic E-state index is -0.318. The molecule has 1 N–H and O–H groups in total. The van der Waals surface area contributed by atoms with Crippen molar-refractivity contribution < 1.29 is 14.0 Å². The van der Waals surface area contributed by atoms with Gasteiger partial charge in [0.2, 0.25) is 0 Å². The lowest BCUT2D eigenvalue weighted by Crippen LogP contribution is -2.34. The molecule has 3 aromatic rings. The number of thiophene rings is 2. The third-order valence-electron chi connectivity index (χ3n) is 3.89. The fourth-order valence-corrected chi connectivity index (χ4v) is 4.44. The Labute approximate surface area is 146 Å². The predicted molar refractivity (Wildman–Crippen MR) is 93.7 cm³/mol. The van der Waals surface area contributed by atoms with Crippen molar-refractivity contribution in [2.24, 2.45) is 0 Å². The summed E-state index contributed by atoms with van der Waals surface area (Å²) in [7, 11) is 0. The van der Waals surface area contributed by atoms with Gasteiger partial charge in [-0.3, -0.25) is 9.59 Å². The number of rotatable bonds is 3. The summed E-state index contributed by atoms with van der Waals surface area (Å²) >= 11 is 3.03. The van der Waals surface area contributed by atoms with Crippen LogP contribution in [0.1, 0.15) is 30.7 Å². The molecule has 5 nitrogen and oxygen atoms in total. The van der Waals surface area contributed by atoms with Crippen LogP contribution in [-0.2, 0) is 13.0 Å². The van der Waals surface area contributed by atoms with Crippen molar-refractivity contribution in [2.45, 2.75) is 13.0 Å². The fraction of sp³-hybridized carbons (Fsp3) is 0.176. The molecule has 0 aromatic carbocycles. The summed E-state index contributed by atoms with van der Waals surface area (Å²) in [5.74, 6) is -0.0608. The maximum atomic E-state index is 12.7. The molecule has 2 amide bonds. The molecule has 0 saturated heterocycles. The summed E-state index contributed by atoms with van der Waals surface area (Å²) in [5.41, 5.74) is 1.24. The summed E-state index contributed by atoms with van der Waals surface area (Å²) in [6, 6.07) is 8.85. The zero-order valence-corrected chi connectivity index (χ0v) is 14.3. The minimum absolute atomic E-state index is 0.00958. The monoisotopic (exact) mass is 358 g/mol. The number of carbonyl (C=O) groups excluding carboxylic acids is 2. The van der Waals surface area contributed by atoms with Gasteiger partial charge in [0.1, 0.15) is 0 Å². The number of hydrogen-bond donors (Lipinski definition) is 1. The van der Waals surface area contributed by atoms with E-state index in [4.69, 9.17) is 4.42 Å². The molecule has 0 bridgehead atoms. The van der Waals surface area contributed by atoms with Crippen LogP contribution in [0, 0.1) is 0 Å². The lowest BCUT2D eigenvalue weighted by molar-refractivity contribution is 0.0740. The Morgan fingerprint density at radius 2 is 2.12 bits per heavy atom. The molecule has 4 heterocycles. The first-order chi connectivity index (χ1) is 11.7. The number of nitrogens with one attached hydrogen (secondary N) is 1. The third kappa shape index (κ3) is 2.88. The molecule has 1 aliphatic rings. The van der Waals surface area contributed by atoms with Gasteiger partial charge in [0.15, 0.2) is 5.76 Å². The molecule has 7 heteroatoms. The maximum absolute atomic E-state index is 12.7. The lowest BCUT2D eigenvalue weighted by Gasteiger charge is -2.26. The number of anilines is 1. The van der Waals surface area contributed by atoms with Gasteiger partial charge in [0.05, 0.1) is 16.1 Å². The van der Waals surface area contributed by atoms with Crippen LogP contribution in [0.4, 0.5) is 5.00 Å². The Kier molecular flexibility index (Phi) is 3.95. The van der Waals surface area contributed by atoms with Gasteiger partial charge in [-0.1, -0.05) is 0 Å². The SMILES string of the molecule is O=C(Nc1ccc(C(=O)N2CCc3sccc3C2)s1)c1ccco1. The number of carbonyl (C=O) groups is 2. The van der Waals surface area contributed by atoms with E-state index in [-0.39, 0.29) is 17.6 Å². The molecular formula is C17H14N2O3S2. The highest BCUT2D eigenvalue weighted by molar-refractivity contribution is 7.18. The Balaban J connectivity index is 1.45. The summed E-state index contributed by atoms with van der Waals surface area (Å²) in [5, 5.41) is 5.46. The Morgan fingerprint density at radius 1 is 1.21 bits per heavy atom. The van der Waals surface area contributed by atoms with E-state index >= 15 is 0 Å². The van der Waals surface area contributed by atoms with E-state index in [1.165, 1.54) is 28.0 Å². The van der Waals surface area contributed by atoms with Crippen molar-refractivity contribution >= 4 is 39.5 Å². The molecule has 0 aliphatic carbocycles. The Morgan fingerprint density at radius 3 is 2.96 bits per heavy atom. The van der Waals surface area contributed by atoms with E-state index in [1.807, 2.05) is 4.90 Å². The van der Waals surface area contributed by atoms with Gasteiger partial charge in [-0.2, -0.15) is 0 Å². The van der Waals surface area contributed by atoms with Crippen LogP contribution in [0.25, 0.3) is 0 Å². The predicted octanol–water partition coefficient (Wildman–Crippen LogP) is 3.85. The third-order valence-corrected chi connectivity index (χ3v) is 5.91. The molecule has 4 rings (SSSR count). The van der Waals surface area contributed by atoms with E-state index in [9.17, 15) is 9.59 Å². The van der Waals surface area contributed by atoms with Crippen LogP contribution >= 0.6 is 22.7 Å². The first-order valence-electron chi connectivity index (χ1n) is 7.50. The van der Waals surface area contributed by atoms with E-state index in [0.717, 1.165) is 13.0 Å². The van der Waals surface area contributed by atoms with Crippen molar-refractivity contribution in [3.8, 4) is 0 Å². The van der Waals surface area contributed by atoms with Crippen molar-refractivity contribution in [1.29, 1.82) is 0 Å². The van der Waals surface area contributed by atoms with Gasteiger partial charge >= 0.3 is 0 Å². The smallest absolute Gasteiger partial charge is 0.291 e. The standard InChI is InChI=1S/C17H14N2O3S2/c20-16(12-2-1-8-22-12)18-15-4-3-14(24-15)17(21)19-7-5-13-11(10-19)6-9-23-13/h1-4,6,8-9H,5,7,10H2,(H,18,20). The topological polar surface area (TPSA) is 62.6 Å². The second-order valence-corrected chi connectivity index (χ2v) is 7.53. The van der Waals surface area contributed by atoms with E-state index in [0.29, 0.717) is 16.4 Å². The van der Waals surface area contributed by atoms with Crippen LogP contribution in [0.3, 0.4) is 0 Å². The normalized spacial score (nSPS) is 13.6. The maximum Gasteiger partial charge on any atom is 0.291 e. The highest BCUT2D eigenvalue weighted by atomic mass is 32.1. The second-order valence-electron chi connectivity index (χ2n) is 5.44. The van der Waals surface area contributed by atoms with Crippen LogP contribution in [0.2, 0.25) is 0 Å². The number of amides is 2. The number of nitrogens with zero attached hydrogens (tertiary/aromatic N) is 1. The molecule has 0 atom stereocenters. The fourth-order valence-electron chi connectivity index (χ4n) is 2.68. The van der Waals surface area contributed by atoms with Gasteiger partial charge in [-0.05, 0) is 47.7 Å². The number of hydrogen-bond acceptors (Lipinski definition) is 5. The van der Waals surface area contributed by atoms with Gasteiger partial charge in [-0.15, -0.1) is 22.7 Å². The summed E-state index contributed by atoms with van der Waals surface area (Å²) in [6.45, 7) is 1.39. The van der Waals surface area contributed by atoms with Crippen LogP contribution in [0.15, 0.2) is 46.4 Å². The average Bonchev–Trinajstić information content (AvgIpc) is 3.33. The van der Waals surface area contributed by atoms with Gasteiger partial charge in [0.25, 0.3) is 11.8 Å². The van der Waals surface area contributed by atoms with Crippen molar-refractivity contribution in [2.75, 3.05) is 11.9 Å². The molecule has 122 valence electrons. The summed E-state index contributed by atoms with van der Waals surface area (Å²) < 4.78 is 5.06. The molecule has 24 heavy (non-hydrogen) atoms. The highest BCUT2D eigenvalue weighted by Gasteiger charge is 2.23. The molecule has 3 aromatic heterocycles. The Hall–Kier alpha value is -2.38. The zero-order chi connectivity index (χ0) is 16.5. The van der Waals surface area contributed by atoms with E-state index < -0.39 is 0 Å². The van der Waals surface area contributed by atoms with E-state index in [2.05, 4.69) is 16.8 Å². The quantitative estimate of drug-likeness (QED) is 0.773. The molecule has 0 radical (unpaired) electrons. The van der Waals surface area contributed by atoms with Gasteiger partial charge in [0, 0.05) is 18.0 Å². The molecular weight excluding hydrogens is 344 g/mol. The number of furan rings is 1. The molecule has 1 aliphatic heterocycles. The van der Waals surface area contributed by atoms with E-state index in [1.54, 1.807) is 35.6 Å². The van der Waals surface area contributed by atoms with Crippen LogP contribution < -0.4 is 5.32 Å². The molecule has 0 unspecified atom stereocenters. The van der Waals surface area contributed by atoms with Gasteiger partial charge in [-0.25, -0.2) is 0 Å². The molecule has 0 fully saturated rings. The lowest BCUT2D eigenvalue weighted by atomic mass is 10.1. The Bertz CT molecular complexity index is 879. The first-order valence-corrected chi connectivity index (χ1v) is 9.19. The summed E-state index contributed by atoms with van der Waals surface area (Å²) in [6.07, 6.45) is 2.36. The molecule has 0 saturated carbocycles. The van der Waals surface area contributed by atoms with Crippen molar-refractivity contribution in [3.05, 3.63) is 63.1 Å². The largest absolute Gasteiger partial charge is 0.459 e. The van der Waals surface area contributed by atoms with Crippen molar-refractivity contribution in [3.63, 3.8) is 0 Å². The molecule has 0 spiro atoms. The first kappa shape index (κ1) is 15.2. The highest BCUT2D eigenvalue weighted by Crippen LogP contribution is 2.28. The minimum Gasteiger partial charge on any atom is -0.459 e. The average molecular weight is 358 g/mol. The number of fused-ring (bicyclic) bond motifs is 1. The zero-order valence-electron chi connectivity index (χ0n) is 12.7. The van der Waals surface area contributed by atoms with Crippen LogP contribution in [-0.4, -0.2) is 23.3 Å². The van der Waals surface area contributed by atoms with Crippen LogP contribution in [0.5, 0.6) is 0 Å². The van der Waals surface area contributed by atoms with Gasteiger partial charge < -0.3 is 14.6 Å².